The molecule has 0 atom stereocenters. The summed E-state index contributed by atoms with van der Waals surface area (Å²) in [5.74, 6) is 1.85. The zero-order valence-corrected chi connectivity index (χ0v) is 12.4. The largest absolute Gasteiger partial charge is 0.496 e. The number of aromatic nitrogens is 2. The lowest BCUT2D eigenvalue weighted by Crippen LogP contribution is -2.20. The molecule has 0 aliphatic rings. The van der Waals surface area contributed by atoms with Crippen molar-refractivity contribution in [2.75, 3.05) is 24.8 Å². The van der Waals surface area contributed by atoms with Crippen LogP contribution in [-0.2, 0) is 6.54 Å². The normalized spacial score (nSPS) is 10.3. The van der Waals surface area contributed by atoms with Crippen molar-refractivity contribution in [3.63, 3.8) is 0 Å². The SMILES string of the molecule is COc1ccccc1CN(C)c1nc(N)cc(Br)n1. The third kappa shape index (κ3) is 3.35. The van der Waals surface area contributed by atoms with E-state index >= 15 is 0 Å². The van der Waals surface area contributed by atoms with Crippen molar-refractivity contribution in [1.82, 2.24) is 9.97 Å². The van der Waals surface area contributed by atoms with Crippen LogP contribution >= 0.6 is 15.9 Å². The number of benzene rings is 1. The lowest BCUT2D eigenvalue weighted by Gasteiger charge is -2.19. The number of hydrogen-bond acceptors (Lipinski definition) is 5. The fraction of sp³-hybridized carbons (Fsp3) is 0.231. The van der Waals surface area contributed by atoms with Crippen molar-refractivity contribution in [2.24, 2.45) is 0 Å². The lowest BCUT2D eigenvalue weighted by atomic mass is 10.2. The Hall–Kier alpha value is -1.82. The number of rotatable bonds is 4. The molecule has 0 fully saturated rings. The Morgan fingerprint density at radius 1 is 1.32 bits per heavy atom. The van der Waals surface area contributed by atoms with Gasteiger partial charge in [0, 0.05) is 25.2 Å². The molecule has 0 aliphatic carbocycles. The number of methoxy groups -OCH3 is 1. The Kier molecular flexibility index (Phi) is 4.21. The summed E-state index contributed by atoms with van der Waals surface area (Å²) in [5, 5.41) is 0. The highest BCUT2D eigenvalue weighted by atomic mass is 79.9. The number of nitrogens with two attached hydrogens (primary N) is 1. The van der Waals surface area contributed by atoms with Crippen LogP contribution in [-0.4, -0.2) is 24.1 Å². The highest BCUT2D eigenvalue weighted by Gasteiger charge is 2.10. The average molecular weight is 323 g/mol. The molecule has 1 heterocycles. The number of hydrogen-bond donors (Lipinski definition) is 1. The van der Waals surface area contributed by atoms with E-state index in [1.807, 2.05) is 36.2 Å². The molecule has 2 aromatic rings. The maximum Gasteiger partial charge on any atom is 0.228 e. The summed E-state index contributed by atoms with van der Waals surface area (Å²) < 4.78 is 6.00. The van der Waals surface area contributed by atoms with E-state index in [4.69, 9.17) is 10.5 Å². The molecule has 0 saturated carbocycles. The first-order valence-corrected chi connectivity index (χ1v) is 6.52. The highest BCUT2D eigenvalue weighted by molar-refractivity contribution is 9.10. The molecule has 100 valence electrons. The van der Waals surface area contributed by atoms with Crippen molar-refractivity contribution in [3.05, 3.63) is 40.5 Å². The van der Waals surface area contributed by atoms with Crippen LogP contribution in [0.2, 0.25) is 0 Å². The number of nitrogens with zero attached hydrogens (tertiary/aromatic N) is 3. The summed E-state index contributed by atoms with van der Waals surface area (Å²) in [5.41, 5.74) is 6.78. The Morgan fingerprint density at radius 3 is 2.74 bits per heavy atom. The summed E-state index contributed by atoms with van der Waals surface area (Å²) in [4.78, 5) is 10.4. The molecule has 2 rings (SSSR count). The van der Waals surface area contributed by atoms with E-state index in [9.17, 15) is 0 Å². The second-order valence-corrected chi connectivity index (χ2v) is 4.90. The van der Waals surface area contributed by atoms with Crippen LogP contribution in [0.5, 0.6) is 5.75 Å². The van der Waals surface area contributed by atoms with Gasteiger partial charge in [0.25, 0.3) is 0 Å². The van der Waals surface area contributed by atoms with Gasteiger partial charge >= 0.3 is 0 Å². The predicted molar refractivity (Wildman–Crippen MR) is 79.2 cm³/mol. The topological polar surface area (TPSA) is 64.3 Å². The molecule has 0 aliphatic heterocycles. The standard InChI is InChI=1S/C13H15BrN4O/c1-18(13-16-11(14)7-12(15)17-13)8-9-5-3-4-6-10(9)19-2/h3-7H,8H2,1-2H3,(H2,15,16,17). The van der Waals surface area contributed by atoms with Gasteiger partial charge in [-0.25, -0.2) is 4.98 Å². The fourth-order valence-corrected chi connectivity index (χ4v) is 2.15. The van der Waals surface area contributed by atoms with E-state index in [0.717, 1.165) is 11.3 Å². The van der Waals surface area contributed by atoms with E-state index in [1.165, 1.54) is 0 Å². The second kappa shape index (κ2) is 5.88. The van der Waals surface area contributed by atoms with Gasteiger partial charge in [0.15, 0.2) is 0 Å². The summed E-state index contributed by atoms with van der Waals surface area (Å²) in [6.45, 7) is 0.639. The van der Waals surface area contributed by atoms with Crippen LogP contribution < -0.4 is 15.4 Å². The first-order valence-electron chi connectivity index (χ1n) is 5.73. The van der Waals surface area contributed by atoms with Gasteiger partial charge in [0.05, 0.1) is 7.11 Å². The van der Waals surface area contributed by atoms with Crippen molar-refractivity contribution >= 4 is 27.7 Å². The van der Waals surface area contributed by atoms with Gasteiger partial charge in [0.2, 0.25) is 5.95 Å². The van der Waals surface area contributed by atoms with Crippen molar-refractivity contribution in [3.8, 4) is 5.75 Å². The smallest absolute Gasteiger partial charge is 0.228 e. The zero-order chi connectivity index (χ0) is 13.8. The molecule has 0 unspecified atom stereocenters. The molecule has 2 N–H and O–H groups in total. The Labute approximate surface area is 120 Å². The molecule has 5 nitrogen and oxygen atoms in total. The minimum absolute atomic E-state index is 0.434. The van der Waals surface area contributed by atoms with Crippen LogP contribution in [0.4, 0.5) is 11.8 Å². The van der Waals surface area contributed by atoms with Gasteiger partial charge in [-0.15, -0.1) is 0 Å². The molecule has 0 amide bonds. The highest BCUT2D eigenvalue weighted by Crippen LogP contribution is 2.21. The molecule has 0 bridgehead atoms. The summed E-state index contributed by atoms with van der Waals surface area (Å²) in [7, 11) is 3.57. The molecule has 19 heavy (non-hydrogen) atoms. The van der Waals surface area contributed by atoms with Crippen LogP contribution in [0.15, 0.2) is 34.9 Å². The Bertz CT molecular complexity index is 556. The van der Waals surface area contributed by atoms with E-state index in [2.05, 4.69) is 25.9 Å². The molecular weight excluding hydrogens is 308 g/mol. The molecular formula is C13H15BrN4O. The Morgan fingerprint density at radius 2 is 2.05 bits per heavy atom. The fourth-order valence-electron chi connectivity index (χ4n) is 1.75. The first-order chi connectivity index (χ1) is 9.10. The van der Waals surface area contributed by atoms with Gasteiger partial charge in [-0.3, -0.25) is 0 Å². The van der Waals surface area contributed by atoms with Gasteiger partial charge in [-0.1, -0.05) is 18.2 Å². The van der Waals surface area contributed by atoms with Gasteiger partial charge in [-0.05, 0) is 22.0 Å². The van der Waals surface area contributed by atoms with Crippen LogP contribution in [0, 0.1) is 0 Å². The summed E-state index contributed by atoms with van der Waals surface area (Å²) >= 11 is 3.31. The minimum Gasteiger partial charge on any atom is -0.496 e. The number of halogens is 1. The Balaban J connectivity index is 2.22. The maximum absolute atomic E-state index is 5.71. The number of para-hydroxylation sites is 1. The van der Waals surface area contributed by atoms with Crippen molar-refractivity contribution in [1.29, 1.82) is 0 Å². The van der Waals surface area contributed by atoms with E-state index in [1.54, 1.807) is 13.2 Å². The van der Waals surface area contributed by atoms with Gasteiger partial charge in [0.1, 0.15) is 16.2 Å². The van der Waals surface area contributed by atoms with Crippen LogP contribution in [0.3, 0.4) is 0 Å². The monoisotopic (exact) mass is 322 g/mol. The zero-order valence-electron chi connectivity index (χ0n) is 10.8. The number of nitrogen functional groups attached to an aromatic ring is 1. The van der Waals surface area contributed by atoms with Gasteiger partial charge < -0.3 is 15.4 Å². The molecule has 0 saturated heterocycles. The summed E-state index contributed by atoms with van der Waals surface area (Å²) in [6.07, 6.45) is 0. The first kappa shape index (κ1) is 13.6. The van der Waals surface area contributed by atoms with E-state index in [0.29, 0.717) is 22.9 Å². The lowest BCUT2D eigenvalue weighted by molar-refractivity contribution is 0.409. The molecule has 0 radical (unpaired) electrons. The molecule has 6 heteroatoms. The second-order valence-electron chi connectivity index (χ2n) is 4.08. The van der Waals surface area contributed by atoms with Gasteiger partial charge in [-0.2, -0.15) is 4.98 Å². The number of ether oxygens (including phenoxy) is 1. The summed E-state index contributed by atoms with van der Waals surface area (Å²) in [6, 6.07) is 9.52. The molecule has 1 aromatic heterocycles. The molecule has 0 spiro atoms. The van der Waals surface area contributed by atoms with E-state index in [-0.39, 0.29) is 0 Å². The third-order valence-corrected chi connectivity index (χ3v) is 3.05. The van der Waals surface area contributed by atoms with Crippen LogP contribution in [0.1, 0.15) is 5.56 Å². The van der Waals surface area contributed by atoms with E-state index < -0.39 is 0 Å². The maximum atomic E-state index is 5.71. The van der Waals surface area contributed by atoms with Crippen molar-refractivity contribution < 1.29 is 4.74 Å². The van der Waals surface area contributed by atoms with Crippen molar-refractivity contribution in [2.45, 2.75) is 6.54 Å². The molecule has 1 aromatic carbocycles. The average Bonchev–Trinajstić information content (AvgIpc) is 2.38. The number of anilines is 2. The van der Waals surface area contributed by atoms with Crippen LogP contribution in [0.25, 0.3) is 0 Å². The minimum atomic E-state index is 0.434. The quantitative estimate of drug-likeness (QED) is 0.876. The third-order valence-electron chi connectivity index (χ3n) is 2.64. The predicted octanol–water partition coefficient (Wildman–Crippen LogP) is 2.47.